The van der Waals surface area contributed by atoms with Crippen LogP contribution < -0.4 is 10.2 Å². The fraction of sp³-hybridized carbons (Fsp3) is 0.474. The molecule has 1 N–H and O–H groups in total. The van der Waals surface area contributed by atoms with E-state index in [1.54, 1.807) is 0 Å². The monoisotopic (exact) mass is 327 g/mol. The van der Waals surface area contributed by atoms with E-state index < -0.39 is 0 Å². The topological polar surface area (TPSA) is 58.4 Å². The highest BCUT2D eigenvalue weighted by atomic mass is 16.5. The number of hydrogen-bond acceptors (Lipinski definition) is 4. The van der Waals surface area contributed by atoms with Crippen LogP contribution in [-0.4, -0.2) is 30.7 Å². The van der Waals surface area contributed by atoms with Gasteiger partial charge in [0, 0.05) is 31.2 Å². The van der Waals surface area contributed by atoms with Crippen LogP contribution in [0.2, 0.25) is 0 Å². The first kappa shape index (κ1) is 16.6. The molecular weight excluding hydrogens is 302 g/mol. The van der Waals surface area contributed by atoms with Crippen LogP contribution in [0.4, 0.5) is 5.69 Å². The maximum absolute atomic E-state index is 12.5. The molecule has 3 rings (SSSR count). The molecule has 1 fully saturated rings. The zero-order chi connectivity index (χ0) is 17.1. The van der Waals surface area contributed by atoms with Crippen LogP contribution in [0.3, 0.4) is 0 Å². The molecule has 0 aliphatic carbocycles. The summed E-state index contributed by atoms with van der Waals surface area (Å²) in [6.45, 7) is 8.52. The van der Waals surface area contributed by atoms with Gasteiger partial charge in [0.05, 0.1) is 5.69 Å². The molecule has 0 radical (unpaired) electrons. The minimum Gasteiger partial charge on any atom is -0.371 e. The van der Waals surface area contributed by atoms with Crippen molar-refractivity contribution in [1.82, 2.24) is 10.5 Å². The van der Waals surface area contributed by atoms with Gasteiger partial charge in [0.25, 0.3) is 5.91 Å². The molecule has 1 aromatic carbocycles. The standard InChI is InChI=1S/C19H25N3O2/c1-13(2)18-17(14(3)21-24-18)19(23)20-11-15-9-10-22(12-15)16-7-5-4-6-8-16/h4-8,13,15H,9-12H2,1-3H3,(H,20,23)/t15-/m0/s1. The first-order valence-electron chi connectivity index (χ1n) is 8.60. The Morgan fingerprint density at radius 1 is 1.38 bits per heavy atom. The summed E-state index contributed by atoms with van der Waals surface area (Å²) in [4.78, 5) is 14.9. The van der Waals surface area contributed by atoms with Crippen LogP contribution in [0.1, 0.15) is 48.0 Å². The van der Waals surface area contributed by atoms with E-state index in [1.807, 2.05) is 26.8 Å². The first-order chi connectivity index (χ1) is 11.6. The summed E-state index contributed by atoms with van der Waals surface area (Å²) in [5, 5.41) is 7.02. The molecule has 0 saturated carbocycles. The van der Waals surface area contributed by atoms with E-state index in [0.29, 0.717) is 29.5 Å². The van der Waals surface area contributed by atoms with E-state index in [9.17, 15) is 4.79 Å². The Morgan fingerprint density at radius 3 is 2.83 bits per heavy atom. The molecule has 0 unspecified atom stereocenters. The van der Waals surface area contributed by atoms with Gasteiger partial charge in [-0.05, 0) is 31.4 Å². The Hall–Kier alpha value is -2.30. The van der Waals surface area contributed by atoms with E-state index in [4.69, 9.17) is 4.52 Å². The van der Waals surface area contributed by atoms with Crippen LogP contribution in [0.25, 0.3) is 0 Å². The third kappa shape index (κ3) is 3.45. The number of anilines is 1. The van der Waals surface area contributed by atoms with Crippen molar-refractivity contribution >= 4 is 11.6 Å². The summed E-state index contributed by atoms with van der Waals surface area (Å²) in [6, 6.07) is 10.4. The van der Waals surface area contributed by atoms with Gasteiger partial charge in [-0.25, -0.2) is 0 Å². The molecule has 1 atom stereocenters. The van der Waals surface area contributed by atoms with Gasteiger partial charge in [-0.2, -0.15) is 0 Å². The fourth-order valence-corrected chi connectivity index (χ4v) is 3.26. The van der Waals surface area contributed by atoms with Crippen molar-refractivity contribution in [2.75, 3.05) is 24.5 Å². The van der Waals surface area contributed by atoms with Crippen LogP contribution in [0, 0.1) is 12.8 Å². The average Bonchev–Trinajstić information content (AvgIpc) is 3.20. The second kappa shape index (κ2) is 7.07. The molecule has 5 nitrogen and oxygen atoms in total. The van der Waals surface area contributed by atoms with Crippen molar-refractivity contribution in [3.8, 4) is 0 Å². The predicted octanol–water partition coefficient (Wildman–Crippen LogP) is 3.36. The highest BCUT2D eigenvalue weighted by Gasteiger charge is 2.26. The molecule has 128 valence electrons. The molecule has 1 saturated heterocycles. The van der Waals surface area contributed by atoms with Crippen molar-refractivity contribution in [3.63, 3.8) is 0 Å². The Kier molecular flexibility index (Phi) is 4.88. The molecule has 2 heterocycles. The number of hydrogen-bond donors (Lipinski definition) is 1. The lowest BCUT2D eigenvalue weighted by Gasteiger charge is -2.18. The Morgan fingerprint density at radius 2 is 2.12 bits per heavy atom. The number of carbonyl (C=O) groups is 1. The van der Waals surface area contributed by atoms with E-state index in [2.05, 4.69) is 39.6 Å². The molecule has 5 heteroatoms. The second-order valence-electron chi connectivity index (χ2n) is 6.81. The molecule has 1 aliphatic rings. The van der Waals surface area contributed by atoms with Gasteiger partial charge in [-0.15, -0.1) is 0 Å². The number of amides is 1. The SMILES string of the molecule is Cc1noc(C(C)C)c1C(=O)NC[C@@H]1CCN(c2ccccc2)C1. The van der Waals surface area contributed by atoms with Crippen molar-refractivity contribution in [3.05, 3.63) is 47.3 Å². The first-order valence-corrected chi connectivity index (χ1v) is 8.60. The summed E-state index contributed by atoms with van der Waals surface area (Å²) in [5.74, 6) is 1.21. The van der Waals surface area contributed by atoms with Gasteiger partial charge >= 0.3 is 0 Å². The summed E-state index contributed by atoms with van der Waals surface area (Å²) >= 11 is 0. The van der Waals surface area contributed by atoms with E-state index >= 15 is 0 Å². The van der Waals surface area contributed by atoms with E-state index in [-0.39, 0.29) is 11.8 Å². The largest absolute Gasteiger partial charge is 0.371 e. The maximum Gasteiger partial charge on any atom is 0.256 e. The van der Waals surface area contributed by atoms with Gasteiger partial charge in [0.15, 0.2) is 5.76 Å². The van der Waals surface area contributed by atoms with Gasteiger partial charge in [-0.3, -0.25) is 4.79 Å². The summed E-state index contributed by atoms with van der Waals surface area (Å²) in [5.41, 5.74) is 2.51. The minimum absolute atomic E-state index is 0.0735. The van der Waals surface area contributed by atoms with Crippen molar-refractivity contribution in [2.45, 2.75) is 33.1 Å². The quantitative estimate of drug-likeness (QED) is 0.915. The smallest absolute Gasteiger partial charge is 0.256 e. The third-order valence-corrected chi connectivity index (χ3v) is 4.60. The van der Waals surface area contributed by atoms with Crippen LogP contribution >= 0.6 is 0 Å². The van der Waals surface area contributed by atoms with E-state index in [0.717, 1.165) is 19.5 Å². The number of benzene rings is 1. The molecule has 1 aromatic heterocycles. The zero-order valence-electron chi connectivity index (χ0n) is 14.6. The lowest BCUT2D eigenvalue weighted by Crippen LogP contribution is -2.31. The summed E-state index contributed by atoms with van der Waals surface area (Å²) in [7, 11) is 0. The number of aromatic nitrogens is 1. The zero-order valence-corrected chi connectivity index (χ0v) is 14.6. The number of para-hydroxylation sites is 1. The number of aryl methyl sites for hydroxylation is 1. The molecule has 0 spiro atoms. The van der Waals surface area contributed by atoms with E-state index in [1.165, 1.54) is 5.69 Å². The van der Waals surface area contributed by atoms with Gasteiger partial charge in [0.2, 0.25) is 0 Å². The molecule has 24 heavy (non-hydrogen) atoms. The molecule has 1 amide bonds. The molecular formula is C19H25N3O2. The highest BCUT2D eigenvalue weighted by Crippen LogP contribution is 2.24. The number of nitrogens with one attached hydrogen (secondary N) is 1. The predicted molar refractivity (Wildman–Crippen MR) is 94.4 cm³/mol. The van der Waals surface area contributed by atoms with Gasteiger partial charge < -0.3 is 14.7 Å². The second-order valence-corrected chi connectivity index (χ2v) is 6.81. The van der Waals surface area contributed by atoms with Crippen LogP contribution in [-0.2, 0) is 0 Å². The van der Waals surface area contributed by atoms with Gasteiger partial charge in [0.1, 0.15) is 5.56 Å². The average molecular weight is 327 g/mol. The lowest BCUT2D eigenvalue weighted by atomic mass is 10.0. The minimum atomic E-state index is -0.0735. The number of carbonyl (C=O) groups excluding carboxylic acids is 1. The van der Waals surface area contributed by atoms with Crippen molar-refractivity contribution < 1.29 is 9.32 Å². The highest BCUT2D eigenvalue weighted by molar-refractivity contribution is 5.96. The third-order valence-electron chi connectivity index (χ3n) is 4.60. The molecule has 0 bridgehead atoms. The Balaban J connectivity index is 1.57. The number of nitrogens with zero attached hydrogens (tertiary/aromatic N) is 2. The summed E-state index contributed by atoms with van der Waals surface area (Å²) < 4.78 is 5.31. The Bertz CT molecular complexity index is 694. The lowest BCUT2D eigenvalue weighted by molar-refractivity contribution is 0.0945. The molecule has 1 aliphatic heterocycles. The normalized spacial score (nSPS) is 17.5. The van der Waals surface area contributed by atoms with Crippen molar-refractivity contribution in [2.24, 2.45) is 5.92 Å². The molecule has 2 aromatic rings. The van der Waals surface area contributed by atoms with Crippen molar-refractivity contribution in [1.29, 1.82) is 0 Å². The summed E-state index contributed by atoms with van der Waals surface area (Å²) in [6.07, 6.45) is 1.09. The van der Waals surface area contributed by atoms with Crippen LogP contribution in [0.15, 0.2) is 34.9 Å². The number of rotatable bonds is 5. The fourth-order valence-electron chi connectivity index (χ4n) is 3.26. The maximum atomic E-state index is 12.5. The van der Waals surface area contributed by atoms with Gasteiger partial charge in [-0.1, -0.05) is 37.2 Å². The Labute approximate surface area is 143 Å². The van der Waals surface area contributed by atoms with Crippen LogP contribution in [0.5, 0.6) is 0 Å².